The topological polar surface area (TPSA) is 29.1 Å². The molecule has 0 aromatic heterocycles. The third-order valence-electron chi connectivity index (χ3n) is 2.41. The normalized spacial score (nSPS) is 19.0. The van der Waals surface area contributed by atoms with Crippen molar-refractivity contribution in [3.8, 4) is 0 Å². The molecule has 1 fully saturated rings. The van der Waals surface area contributed by atoms with Gasteiger partial charge in [0.1, 0.15) is 6.29 Å². The van der Waals surface area contributed by atoms with Gasteiger partial charge in [0.05, 0.1) is 0 Å². The van der Waals surface area contributed by atoms with E-state index < -0.39 is 0 Å². The number of aldehydes is 1. The maximum atomic E-state index is 10.2. The summed E-state index contributed by atoms with van der Waals surface area (Å²) in [5.41, 5.74) is 1.09. The highest BCUT2D eigenvalue weighted by molar-refractivity contribution is 5.53. The maximum absolute atomic E-state index is 10.2. The van der Waals surface area contributed by atoms with Crippen LogP contribution in [0.5, 0.6) is 0 Å². The van der Waals surface area contributed by atoms with Gasteiger partial charge in [-0.05, 0) is 38.3 Å². The summed E-state index contributed by atoms with van der Waals surface area (Å²) < 4.78 is 0. The van der Waals surface area contributed by atoms with Crippen LogP contribution in [0, 0.1) is 5.92 Å². The highest BCUT2D eigenvalue weighted by Gasteiger charge is 2.13. The van der Waals surface area contributed by atoms with E-state index in [4.69, 9.17) is 0 Å². The Labute approximate surface area is 74.0 Å². The fourth-order valence-electron chi connectivity index (χ4n) is 1.70. The Balaban J connectivity index is 2.19. The molecule has 0 atom stereocenters. The number of allylic oxidation sites excluding steroid dienone is 1. The van der Waals surface area contributed by atoms with E-state index in [0.29, 0.717) is 6.42 Å². The van der Waals surface area contributed by atoms with Crippen LogP contribution in [0.4, 0.5) is 0 Å². The number of carbonyl (C=O) groups is 1. The Kier molecular flexibility index (Phi) is 4.01. The van der Waals surface area contributed by atoms with Crippen molar-refractivity contribution in [2.24, 2.45) is 5.92 Å². The number of hydrogen-bond acceptors (Lipinski definition) is 2. The first-order valence-corrected chi connectivity index (χ1v) is 4.64. The summed E-state index contributed by atoms with van der Waals surface area (Å²) in [6.45, 7) is 6.13. The molecular formula is C10H17NO. The minimum atomic E-state index is 0.546. The Morgan fingerprint density at radius 3 is 2.75 bits per heavy atom. The Hall–Kier alpha value is -0.630. The fraction of sp³-hybridized carbons (Fsp3) is 0.700. The van der Waals surface area contributed by atoms with Gasteiger partial charge in [-0.1, -0.05) is 12.2 Å². The molecule has 0 bridgehead atoms. The second-order valence-electron chi connectivity index (χ2n) is 3.52. The quantitative estimate of drug-likeness (QED) is 0.508. The number of piperidine rings is 1. The number of nitrogens with one attached hydrogen (secondary N) is 1. The first-order chi connectivity index (χ1) is 5.83. The molecule has 0 aliphatic carbocycles. The molecule has 0 aromatic carbocycles. The van der Waals surface area contributed by atoms with Crippen molar-refractivity contribution in [1.82, 2.24) is 5.32 Å². The van der Waals surface area contributed by atoms with Gasteiger partial charge in [-0.2, -0.15) is 0 Å². The van der Waals surface area contributed by atoms with Crippen molar-refractivity contribution < 1.29 is 4.79 Å². The number of hydrogen-bond donors (Lipinski definition) is 1. The van der Waals surface area contributed by atoms with E-state index in [-0.39, 0.29) is 0 Å². The molecule has 0 aromatic rings. The van der Waals surface area contributed by atoms with Crippen molar-refractivity contribution in [3.05, 3.63) is 12.2 Å². The van der Waals surface area contributed by atoms with Gasteiger partial charge in [-0.25, -0.2) is 0 Å². The second-order valence-corrected chi connectivity index (χ2v) is 3.52. The van der Waals surface area contributed by atoms with E-state index >= 15 is 0 Å². The van der Waals surface area contributed by atoms with Gasteiger partial charge in [-0.15, -0.1) is 0 Å². The molecular weight excluding hydrogens is 150 g/mol. The van der Waals surface area contributed by atoms with Gasteiger partial charge in [-0.3, -0.25) is 0 Å². The SMILES string of the molecule is C=C(CC=O)CC1CCNCC1. The van der Waals surface area contributed by atoms with E-state index in [2.05, 4.69) is 11.9 Å². The van der Waals surface area contributed by atoms with Gasteiger partial charge in [0.25, 0.3) is 0 Å². The number of carbonyl (C=O) groups excluding carboxylic acids is 1. The molecule has 1 N–H and O–H groups in total. The summed E-state index contributed by atoms with van der Waals surface area (Å²) in [4.78, 5) is 10.2. The lowest BCUT2D eigenvalue weighted by atomic mass is 9.90. The monoisotopic (exact) mass is 167 g/mol. The lowest BCUT2D eigenvalue weighted by Gasteiger charge is -2.22. The second kappa shape index (κ2) is 5.09. The summed E-state index contributed by atoms with van der Waals surface area (Å²) in [6.07, 6.45) is 5.00. The Morgan fingerprint density at radius 1 is 1.50 bits per heavy atom. The van der Waals surface area contributed by atoms with Crippen LogP contribution >= 0.6 is 0 Å². The zero-order chi connectivity index (χ0) is 8.81. The average molecular weight is 167 g/mol. The van der Waals surface area contributed by atoms with Crippen LogP contribution in [0.1, 0.15) is 25.7 Å². The van der Waals surface area contributed by atoms with E-state index in [9.17, 15) is 4.79 Å². The molecule has 12 heavy (non-hydrogen) atoms. The highest BCUT2D eigenvalue weighted by Crippen LogP contribution is 2.20. The molecule has 1 heterocycles. The minimum Gasteiger partial charge on any atom is -0.317 e. The van der Waals surface area contributed by atoms with Crippen LogP contribution < -0.4 is 5.32 Å². The summed E-state index contributed by atoms with van der Waals surface area (Å²) >= 11 is 0. The van der Waals surface area contributed by atoms with Crippen molar-refractivity contribution in [3.63, 3.8) is 0 Å². The number of rotatable bonds is 4. The zero-order valence-electron chi connectivity index (χ0n) is 7.51. The first kappa shape index (κ1) is 9.46. The third kappa shape index (κ3) is 3.18. The van der Waals surface area contributed by atoms with Crippen LogP contribution in [-0.2, 0) is 4.79 Å². The van der Waals surface area contributed by atoms with Crippen LogP contribution in [0.25, 0.3) is 0 Å². The highest BCUT2D eigenvalue weighted by atomic mass is 16.1. The minimum absolute atomic E-state index is 0.546. The Bertz CT molecular complexity index is 159. The van der Waals surface area contributed by atoms with Crippen LogP contribution in [0.15, 0.2) is 12.2 Å². The molecule has 1 aliphatic rings. The standard InChI is InChI=1S/C10H17NO/c1-9(4-7-12)8-10-2-5-11-6-3-10/h7,10-11H,1-6,8H2. The van der Waals surface area contributed by atoms with Crippen LogP contribution in [0.2, 0.25) is 0 Å². The average Bonchev–Trinajstić information content (AvgIpc) is 2.06. The third-order valence-corrected chi connectivity index (χ3v) is 2.41. The smallest absolute Gasteiger partial charge is 0.124 e. The lowest BCUT2D eigenvalue weighted by molar-refractivity contribution is -0.107. The molecule has 0 radical (unpaired) electrons. The largest absolute Gasteiger partial charge is 0.317 e. The fourth-order valence-corrected chi connectivity index (χ4v) is 1.70. The van der Waals surface area contributed by atoms with Crippen molar-refractivity contribution >= 4 is 6.29 Å². The van der Waals surface area contributed by atoms with Crippen molar-refractivity contribution in [1.29, 1.82) is 0 Å². The van der Waals surface area contributed by atoms with E-state index in [1.165, 1.54) is 12.8 Å². The predicted octanol–water partition coefficient (Wildman–Crippen LogP) is 1.52. The molecule has 2 nitrogen and oxygen atoms in total. The predicted molar refractivity (Wildman–Crippen MR) is 50.0 cm³/mol. The Morgan fingerprint density at radius 2 is 2.17 bits per heavy atom. The van der Waals surface area contributed by atoms with Gasteiger partial charge in [0, 0.05) is 6.42 Å². The summed E-state index contributed by atoms with van der Waals surface area (Å²) in [5.74, 6) is 0.763. The molecule has 1 rings (SSSR count). The summed E-state index contributed by atoms with van der Waals surface area (Å²) in [7, 11) is 0. The van der Waals surface area contributed by atoms with Crippen LogP contribution in [0.3, 0.4) is 0 Å². The molecule has 1 saturated heterocycles. The van der Waals surface area contributed by atoms with Crippen molar-refractivity contribution in [2.45, 2.75) is 25.7 Å². The molecule has 1 aliphatic heterocycles. The summed E-state index contributed by atoms with van der Waals surface area (Å²) in [6, 6.07) is 0. The van der Waals surface area contributed by atoms with Gasteiger partial charge in [0.15, 0.2) is 0 Å². The summed E-state index contributed by atoms with van der Waals surface area (Å²) in [5, 5.41) is 3.32. The van der Waals surface area contributed by atoms with Gasteiger partial charge >= 0.3 is 0 Å². The molecule has 2 heteroatoms. The van der Waals surface area contributed by atoms with Gasteiger partial charge in [0.2, 0.25) is 0 Å². The van der Waals surface area contributed by atoms with E-state index in [1.807, 2.05) is 0 Å². The first-order valence-electron chi connectivity index (χ1n) is 4.64. The van der Waals surface area contributed by atoms with E-state index in [0.717, 1.165) is 37.3 Å². The van der Waals surface area contributed by atoms with E-state index in [1.54, 1.807) is 0 Å². The van der Waals surface area contributed by atoms with Crippen molar-refractivity contribution in [2.75, 3.05) is 13.1 Å². The molecule has 0 saturated carbocycles. The maximum Gasteiger partial charge on any atom is 0.124 e. The zero-order valence-corrected chi connectivity index (χ0v) is 7.51. The molecule has 68 valence electrons. The molecule has 0 amide bonds. The lowest BCUT2D eigenvalue weighted by Crippen LogP contribution is -2.27. The van der Waals surface area contributed by atoms with Gasteiger partial charge < -0.3 is 10.1 Å². The van der Waals surface area contributed by atoms with Crippen LogP contribution in [-0.4, -0.2) is 19.4 Å². The molecule has 0 spiro atoms. The molecule has 0 unspecified atom stereocenters.